The highest BCUT2D eigenvalue weighted by atomic mass is 16.6. The predicted octanol–water partition coefficient (Wildman–Crippen LogP) is 3.02. The minimum absolute atomic E-state index is 0.177. The molecule has 2 fully saturated rings. The summed E-state index contributed by atoms with van der Waals surface area (Å²) in [5.74, 6) is -0.0925. The molecule has 4 nitrogen and oxygen atoms in total. The van der Waals surface area contributed by atoms with Crippen molar-refractivity contribution in [2.45, 2.75) is 30.3 Å². The van der Waals surface area contributed by atoms with E-state index in [4.69, 9.17) is 4.74 Å². The standard InChI is InChI=1S/C21H19NO3/c23-18-16-8-4-5-9-17(16)21(25-18)12-13-22(14-21)19(24)20(10-11-20)15-6-2-1-3-7-15/h1-9H,10-14H2. The first-order valence-corrected chi connectivity index (χ1v) is 8.82. The summed E-state index contributed by atoms with van der Waals surface area (Å²) in [6, 6.07) is 17.6. The van der Waals surface area contributed by atoms with Gasteiger partial charge in [0.05, 0.1) is 17.5 Å². The van der Waals surface area contributed by atoms with E-state index >= 15 is 0 Å². The Labute approximate surface area is 146 Å². The predicted molar refractivity (Wildman–Crippen MR) is 92.1 cm³/mol. The lowest BCUT2D eigenvalue weighted by molar-refractivity contribution is -0.134. The Kier molecular flexibility index (Phi) is 2.91. The van der Waals surface area contributed by atoms with Crippen molar-refractivity contribution >= 4 is 11.9 Å². The Morgan fingerprint density at radius 3 is 2.44 bits per heavy atom. The first-order chi connectivity index (χ1) is 12.1. The molecule has 1 unspecified atom stereocenters. The lowest BCUT2D eigenvalue weighted by Crippen LogP contribution is -2.40. The molecule has 0 N–H and O–H groups in total. The van der Waals surface area contributed by atoms with Crippen LogP contribution in [0.25, 0.3) is 0 Å². The van der Waals surface area contributed by atoms with Crippen molar-refractivity contribution in [2.75, 3.05) is 13.1 Å². The minimum Gasteiger partial charge on any atom is -0.449 e. The van der Waals surface area contributed by atoms with Crippen LogP contribution in [0.3, 0.4) is 0 Å². The number of rotatable bonds is 2. The van der Waals surface area contributed by atoms with Gasteiger partial charge >= 0.3 is 5.97 Å². The van der Waals surface area contributed by atoms with Gasteiger partial charge in [0.2, 0.25) is 5.91 Å². The average Bonchev–Trinajstić information content (AvgIpc) is 3.29. The summed E-state index contributed by atoms with van der Waals surface area (Å²) in [7, 11) is 0. The van der Waals surface area contributed by atoms with Crippen molar-refractivity contribution < 1.29 is 14.3 Å². The molecule has 3 aliphatic rings. The first-order valence-electron chi connectivity index (χ1n) is 8.82. The van der Waals surface area contributed by atoms with E-state index in [0.717, 1.165) is 24.0 Å². The number of nitrogens with zero attached hydrogens (tertiary/aromatic N) is 1. The van der Waals surface area contributed by atoms with E-state index in [1.807, 2.05) is 59.5 Å². The molecule has 1 aliphatic carbocycles. The Morgan fingerprint density at radius 2 is 1.68 bits per heavy atom. The normalized spacial score (nSPS) is 25.8. The third-order valence-electron chi connectivity index (χ3n) is 5.93. The summed E-state index contributed by atoms with van der Waals surface area (Å²) in [5.41, 5.74) is 1.65. The van der Waals surface area contributed by atoms with Gasteiger partial charge in [0.15, 0.2) is 5.60 Å². The largest absolute Gasteiger partial charge is 0.449 e. The highest BCUT2D eigenvalue weighted by Crippen LogP contribution is 2.51. The smallest absolute Gasteiger partial charge is 0.339 e. The van der Waals surface area contributed by atoms with Gasteiger partial charge in [-0.25, -0.2) is 4.79 Å². The molecule has 1 saturated carbocycles. The molecule has 25 heavy (non-hydrogen) atoms. The maximum absolute atomic E-state index is 13.2. The summed E-state index contributed by atoms with van der Waals surface area (Å²) in [6.07, 6.45) is 2.47. The van der Waals surface area contributed by atoms with Crippen LogP contribution in [0.5, 0.6) is 0 Å². The van der Waals surface area contributed by atoms with Gasteiger partial charge in [-0.1, -0.05) is 48.5 Å². The van der Waals surface area contributed by atoms with Crippen molar-refractivity contribution in [1.29, 1.82) is 0 Å². The Hall–Kier alpha value is -2.62. The van der Waals surface area contributed by atoms with Crippen molar-refractivity contribution in [3.8, 4) is 0 Å². The highest BCUT2D eigenvalue weighted by molar-refractivity contribution is 5.95. The van der Waals surface area contributed by atoms with E-state index in [9.17, 15) is 9.59 Å². The molecule has 0 aromatic heterocycles. The topological polar surface area (TPSA) is 46.6 Å². The van der Waals surface area contributed by atoms with E-state index in [1.54, 1.807) is 0 Å². The van der Waals surface area contributed by atoms with Crippen molar-refractivity contribution in [1.82, 2.24) is 4.90 Å². The summed E-state index contributed by atoms with van der Waals surface area (Å²) in [4.78, 5) is 27.4. The fraction of sp³-hybridized carbons (Fsp3) is 0.333. The van der Waals surface area contributed by atoms with E-state index in [2.05, 4.69) is 0 Å². The van der Waals surface area contributed by atoms with E-state index in [0.29, 0.717) is 25.1 Å². The van der Waals surface area contributed by atoms with Gasteiger partial charge < -0.3 is 9.64 Å². The zero-order valence-electron chi connectivity index (χ0n) is 13.9. The van der Waals surface area contributed by atoms with Gasteiger partial charge in [-0.2, -0.15) is 0 Å². The molecule has 2 aliphatic heterocycles. The third kappa shape index (κ3) is 2.00. The highest BCUT2D eigenvalue weighted by Gasteiger charge is 2.57. The molecule has 5 rings (SSSR count). The lowest BCUT2D eigenvalue weighted by Gasteiger charge is -2.26. The number of amides is 1. The van der Waals surface area contributed by atoms with E-state index in [1.165, 1.54) is 0 Å². The fourth-order valence-electron chi connectivity index (χ4n) is 4.42. The van der Waals surface area contributed by atoms with Crippen LogP contribution in [0.15, 0.2) is 54.6 Å². The van der Waals surface area contributed by atoms with Crippen LogP contribution in [-0.2, 0) is 20.5 Å². The quantitative estimate of drug-likeness (QED) is 0.794. The molecule has 1 amide bonds. The van der Waals surface area contributed by atoms with Crippen LogP contribution < -0.4 is 0 Å². The number of hydrogen-bond donors (Lipinski definition) is 0. The van der Waals surface area contributed by atoms with Crippen LogP contribution in [-0.4, -0.2) is 29.9 Å². The lowest BCUT2D eigenvalue weighted by atomic mass is 9.91. The number of carbonyl (C=O) groups excluding carboxylic acids is 2. The average molecular weight is 333 g/mol. The second kappa shape index (κ2) is 4.94. The summed E-state index contributed by atoms with van der Waals surface area (Å²) < 4.78 is 5.77. The Bertz CT molecular complexity index is 872. The molecule has 2 aromatic carbocycles. The summed E-state index contributed by atoms with van der Waals surface area (Å²) in [5, 5.41) is 0. The van der Waals surface area contributed by atoms with Crippen LogP contribution in [0.1, 0.15) is 40.7 Å². The SMILES string of the molecule is O=C1OC2(CCN(C(=O)C3(c4ccccc4)CC3)C2)c2ccccc21. The fourth-order valence-corrected chi connectivity index (χ4v) is 4.42. The molecule has 2 aromatic rings. The molecular formula is C21H19NO3. The number of likely N-dealkylation sites (tertiary alicyclic amines) is 1. The Morgan fingerprint density at radius 1 is 0.960 bits per heavy atom. The molecule has 126 valence electrons. The van der Waals surface area contributed by atoms with Crippen LogP contribution in [0.2, 0.25) is 0 Å². The van der Waals surface area contributed by atoms with Gasteiger partial charge in [0.25, 0.3) is 0 Å². The number of esters is 1. The second-order valence-corrected chi connectivity index (χ2v) is 7.35. The van der Waals surface area contributed by atoms with Gasteiger partial charge in [-0.15, -0.1) is 0 Å². The first kappa shape index (κ1) is 14.7. The molecule has 0 radical (unpaired) electrons. The minimum atomic E-state index is -0.657. The molecule has 0 bridgehead atoms. The van der Waals surface area contributed by atoms with E-state index < -0.39 is 5.60 Å². The summed E-state index contributed by atoms with van der Waals surface area (Å²) >= 11 is 0. The number of benzene rings is 2. The van der Waals surface area contributed by atoms with Gasteiger partial charge in [0, 0.05) is 18.5 Å². The maximum atomic E-state index is 13.2. The summed E-state index contributed by atoms with van der Waals surface area (Å²) in [6.45, 7) is 1.10. The number of hydrogen-bond acceptors (Lipinski definition) is 3. The van der Waals surface area contributed by atoms with Crippen molar-refractivity contribution in [3.63, 3.8) is 0 Å². The molecule has 1 atom stereocenters. The monoisotopic (exact) mass is 333 g/mol. The van der Waals surface area contributed by atoms with Gasteiger partial charge in [0.1, 0.15) is 0 Å². The Balaban J connectivity index is 1.44. The zero-order chi connectivity index (χ0) is 17.1. The molecular weight excluding hydrogens is 314 g/mol. The van der Waals surface area contributed by atoms with Crippen LogP contribution in [0, 0.1) is 0 Å². The number of carbonyl (C=O) groups is 2. The number of ether oxygens (including phenoxy) is 1. The van der Waals surface area contributed by atoms with Gasteiger partial charge in [-0.3, -0.25) is 4.79 Å². The van der Waals surface area contributed by atoms with Crippen LogP contribution >= 0.6 is 0 Å². The third-order valence-corrected chi connectivity index (χ3v) is 5.93. The van der Waals surface area contributed by atoms with Crippen molar-refractivity contribution in [3.05, 3.63) is 71.3 Å². The van der Waals surface area contributed by atoms with E-state index in [-0.39, 0.29) is 17.3 Å². The van der Waals surface area contributed by atoms with Crippen LogP contribution in [0.4, 0.5) is 0 Å². The number of fused-ring (bicyclic) bond motifs is 2. The zero-order valence-corrected chi connectivity index (χ0v) is 13.9. The van der Waals surface area contributed by atoms with Crippen molar-refractivity contribution in [2.24, 2.45) is 0 Å². The molecule has 1 spiro atoms. The maximum Gasteiger partial charge on any atom is 0.339 e. The molecule has 2 heterocycles. The van der Waals surface area contributed by atoms with Gasteiger partial charge in [-0.05, 0) is 24.5 Å². The molecule has 4 heteroatoms. The second-order valence-electron chi connectivity index (χ2n) is 7.35. The molecule has 1 saturated heterocycles.